The Kier molecular flexibility index (Phi) is 6.22. The minimum atomic E-state index is -3.64. The molecule has 2 heterocycles. The number of pyridine rings is 1. The maximum atomic E-state index is 12.8. The van der Waals surface area contributed by atoms with Crippen molar-refractivity contribution in [1.82, 2.24) is 4.57 Å². The molecule has 1 fully saturated rings. The van der Waals surface area contributed by atoms with Gasteiger partial charge >= 0.3 is 0 Å². The Morgan fingerprint density at radius 1 is 1.03 bits per heavy atom. The number of sulfone groups is 1. The average Bonchev–Trinajstić information content (AvgIpc) is 2.78. The number of fused-ring (bicyclic) bond motifs is 1. The van der Waals surface area contributed by atoms with Gasteiger partial charge < -0.3 is 9.47 Å². The van der Waals surface area contributed by atoms with Gasteiger partial charge in [0.15, 0.2) is 21.3 Å². The third-order valence-corrected chi connectivity index (χ3v) is 7.17. The van der Waals surface area contributed by atoms with E-state index in [-0.39, 0.29) is 29.0 Å². The quantitative estimate of drug-likeness (QED) is 0.728. The van der Waals surface area contributed by atoms with Crippen LogP contribution in [0.2, 0.25) is 0 Å². The van der Waals surface area contributed by atoms with Gasteiger partial charge in [0.05, 0.1) is 16.7 Å². The molecular weight excluding hydrogens is 404 g/mol. The standard InChI is InChI=1S/C22H26N2O5S/c25-22(24-12-5-4-8-21(24)23-17-6-2-1-3-7-17)11-15-30(26,27)18-9-10-19-20(16-18)29-14-13-28-19/h4-5,8-10,12,16-17H,1-3,6-7,11,13-15H2. The summed E-state index contributed by atoms with van der Waals surface area (Å²) in [7, 11) is -3.64. The van der Waals surface area contributed by atoms with E-state index in [9.17, 15) is 13.2 Å². The molecular formula is C22H26N2O5S. The van der Waals surface area contributed by atoms with Gasteiger partial charge in [-0.15, -0.1) is 0 Å². The summed E-state index contributed by atoms with van der Waals surface area (Å²) in [6.07, 6.45) is 7.13. The summed E-state index contributed by atoms with van der Waals surface area (Å²) in [5.74, 6) is 0.381. The van der Waals surface area contributed by atoms with E-state index in [1.165, 1.54) is 23.1 Å². The minimum Gasteiger partial charge on any atom is -0.486 e. The second-order valence-corrected chi connectivity index (χ2v) is 9.73. The zero-order valence-corrected chi connectivity index (χ0v) is 17.6. The highest BCUT2D eigenvalue weighted by Gasteiger charge is 2.21. The summed E-state index contributed by atoms with van der Waals surface area (Å²) in [4.78, 5) is 17.7. The second kappa shape index (κ2) is 9.04. The van der Waals surface area contributed by atoms with Crippen molar-refractivity contribution in [1.29, 1.82) is 0 Å². The maximum Gasteiger partial charge on any atom is 0.233 e. The van der Waals surface area contributed by atoms with Crippen molar-refractivity contribution in [3.05, 3.63) is 48.1 Å². The summed E-state index contributed by atoms with van der Waals surface area (Å²) >= 11 is 0. The van der Waals surface area contributed by atoms with Crippen LogP contribution in [0.1, 0.15) is 43.3 Å². The molecule has 0 spiro atoms. The molecule has 0 radical (unpaired) electrons. The Hall–Kier alpha value is -2.61. The van der Waals surface area contributed by atoms with E-state index in [1.807, 2.05) is 12.1 Å². The Balaban J connectivity index is 1.49. The van der Waals surface area contributed by atoms with Crippen molar-refractivity contribution >= 4 is 15.7 Å². The van der Waals surface area contributed by atoms with Gasteiger partial charge in [0, 0.05) is 18.7 Å². The Morgan fingerprint density at radius 3 is 2.60 bits per heavy atom. The lowest BCUT2D eigenvalue weighted by Gasteiger charge is -2.19. The van der Waals surface area contributed by atoms with Crippen LogP contribution in [0, 0.1) is 0 Å². The molecule has 0 N–H and O–H groups in total. The molecule has 2 aromatic rings. The normalized spacial score (nSPS) is 17.7. The molecule has 7 nitrogen and oxygen atoms in total. The van der Waals surface area contributed by atoms with Crippen LogP contribution in [0.5, 0.6) is 11.5 Å². The van der Waals surface area contributed by atoms with E-state index in [1.54, 1.807) is 18.3 Å². The van der Waals surface area contributed by atoms with Gasteiger partial charge in [-0.05, 0) is 37.1 Å². The molecule has 30 heavy (non-hydrogen) atoms. The number of hydrogen-bond donors (Lipinski definition) is 0. The van der Waals surface area contributed by atoms with E-state index in [0.717, 1.165) is 25.7 Å². The zero-order chi connectivity index (χ0) is 21.0. The molecule has 8 heteroatoms. The Morgan fingerprint density at radius 2 is 1.80 bits per heavy atom. The summed E-state index contributed by atoms with van der Waals surface area (Å²) < 4.78 is 37.9. The van der Waals surface area contributed by atoms with Gasteiger partial charge in [0.2, 0.25) is 5.91 Å². The number of rotatable bonds is 5. The van der Waals surface area contributed by atoms with E-state index in [2.05, 4.69) is 0 Å². The fraction of sp³-hybridized carbons (Fsp3) is 0.455. The van der Waals surface area contributed by atoms with Gasteiger partial charge in [0.1, 0.15) is 18.7 Å². The molecule has 0 saturated heterocycles. The number of hydrogen-bond acceptors (Lipinski definition) is 6. The maximum absolute atomic E-state index is 12.8. The molecule has 1 aromatic heterocycles. The lowest BCUT2D eigenvalue weighted by atomic mass is 9.96. The largest absolute Gasteiger partial charge is 0.486 e. The molecule has 160 valence electrons. The van der Waals surface area contributed by atoms with Gasteiger partial charge in [0.25, 0.3) is 0 Å². The third-order valence-electron chi connectivity index (χ3n) is 5.45. The predicted octanol–water partition coefficient (Wildman–Crippen LogP) is 3.00. The SMILES string of the molecule is O=C(CCS(=O)(=O)c1ccc2c(c1)OCCO2)n1ccccc1=NC1CCCCC1. The van der Waals surface area contributed by atoms with Crippen molar-refractivity contribution in [3.63, 3.8) is 0 Å². The van der Waals surface area contributed by atoms with E-state index < -0.39 is 9.84 Å². The molecule has 0 bridgehead atoms. The van der Waals surface area contributed by atoms with E-state index >= 15 is 0 Å². The topological polar surface area (TPSA) is 87.0 Å². The van der Waals surface area contributed by atoms with Crippen molar-refractivity contribution in [3.8, 4) is 11.5 Å². The summed E-state index contributed by atoms with van der Waals surface area (Å²) in [6.45, 7) is 0.822. The van der Waals surface area contributed by atoms with Gasteiger partial charge in [-0.3, -0.25) is 14.4 Å². The van der Waals surface area contributed by atoms with E-state index in [0.29, 0.717) is 30.2 Å². The number of carbonyl (C=O) groups excluding carboxylic acids is 1. The fourth-order valence-electron chi connectivity index (χ4n) is 3.82. The van der Waals surface area contributed by atoms with Crippen molar-refractivity contribution in [2.75, 3.05) is 19.0 Å². The zero-order valence-electron chi connectivity index (χ0n) is 16.8. The lowest BCUT2D eigenvalue weighted by Crippen LogP contribution is -2.30. The molecule has 2 aliphatic rings. The second-order valence-electron chi connectivity index (χ2n) is 7.62. The molecule has 1 saturated carbocycles. The van der Waals surface area contributed by atoms with Crippen LogP contribution in [-0.4, -0.2) is 43.9 Å². The van der Waals surface area contributed by atoms with Gasteiger partial charge in [-0.1, -0.05) is 25.3 Å². The minimum absolute atomic E-state index is 0.126. The number of ether oxygens (including phenoxy) is 2. The van der Waals surface area contributed by atoms with Crippen LogP contribution < -0.4 is 15.0 Å². The number of benzene rings is 1. The first-order valence-electron chi connectivity index (χ1n) is 10.4. The fourth-order valence-corrected chi connectivity index (χ4v) is 5.07. The Labute approximate surface area is 176 Å². The van der Waals surface area contributed by atoms with Crippen LogP contribution in [-0.2, 0) is 9.84 Å². The Bertz CT molecular complexity index is 1080. The third kappa shape index (κ3) is 4.75. The first kappa shape index (κ1) is 20.7. The monoisotopic (exact) mass is 430 g/mol. The molecule has 1 aliphatic carbocycles. The average molecular weight is 431 g/mol. The molecule has 1 aliphatic heterocycles. The molecule has 0 amide bonds. The first-order chi connectivity index (χ1) is 14.5. The van der Waals surface area contributed by atoms with Crippen LogP contribution in [0.25, 0.3) is 0 Å². The molecule has 4 rings (SSSR count). The number of aromatic nitrogens is 1. The predicted molar refractivity (Wildman–Crippen MR) is 112 cm³/mol. The lowest BCUT2D eigenvalue weighted by molar-refractivity contribution is 0.0903. The van der Waals surface area contributed by atoms with Crippen LogP contribution in [0.3, 0.4) is 0 Å². The van der Waals surface area contributed by atoms with E-state index in [4.69, 9.17) is 14.5 Å². The summed E-state index contributed by atoms with van der Waals surface area (Å²) in [5.41, 5.74) is 0.589. The summed E-state index contributed by atoms with van der Waals surface area (Å²) in [6, 6.07) is 10.2. The van der Waals surface area contributed by atoms with Crippen LogP contribution in [0.15, 0.2) is 52.5 Å². The van der Waals surface area contributed by atoms with Gasteiger partial charge in [-0.25, -0.2) is 8.42 Å². The summed E-state index contributed by atoms with van der Waals surface area (Å²) in [5, 5.41) is 0. The van der Waals surface area contributed by atoms with Crippen molar-refractivity contribution < 1.29 is 22.7 Å². The highest BCUT2D eigenvalue weighted by Crippen LogP contribution is 2.32. The van der Waals surface area contributed by atoms with Crippen LogP contribution in [0.4, 0.5) is 0 Å². The van der Waals surface area contributed by atoms with Crippen molar-refractivity contribution in [2.24, 2.45) is 4.99 Å². The first-order valence-corrected chi connectivity index (χ1v) is 12.1. The number of nitrogens with zero attached hydrogens (tertiary/aromatic N) is 2. The van der Waals surface area contributed by atoms with Gasteiger partial charge in [-0.2, -0.15) is 0 Å². The molecule has 1 aromatic carbocycles. The van der Waals surface area contributed by atoms with Crippen molar-refractivity contribution in [2.45, 2.75) is 49.5 Å². The number of carbonyl (C=O) groups is 1. The smallest absolute Gasteiger partial charge is 0.233 e. The molecule has 0 atom stereocenters. The highest BCUT2D eigenvalue weighted by molar-refractivity contribution is 7.91. The molecule has 0 unspecified atom stereocenters. The highest BCUT2D eigenvalue weighted by atomic mass is 32.2. The van der Waals surface area contributed by atoms with Crippen LogP contribution >= 0.6 is 0 Å².